The van der Waals surface area contributed by atoms with Gasteiger partial charge in [0.05, 0.1) is 9.82 Å². The van der Waals surface area contributed by atoms with E-state index in [1.54, 1.807) is 0 Å². The molecule has 0 atom stereocenters. The van der Waals surface area contributed by atoms with Crippen molar-refractivity contribution in [2.24, 2.45) is 11.8 Å². The van der Waals surface area contributed by atoms with Gasteiger partial charge in [0, 0.05) is 25.2 Å². The summed E-state index contributed by atoms with van der Waals surface area (Å²) in [6, 6.07) is 5.14. The van der Waals surface area contributed by atoms with Gasteiger partial charge in [-0.05, 0) is 36.8 Å². The number of benzene rings is 1. The van der Waals surface area contributed by atoms with E-state index in [4.69, 9.17) is 0 Å². The van der Waals surface area contributed by atoms with Crippen LogP contribution in [0.1, 0.15) is 32.1 Å². The normalized spacial score (nSPS) is 21.5. The standard InChI is InChI=1S/C15H20N2O4S/c18-17(19)14-4-6-15(7-5-14)22(20,21)16-10-8-13(9-11-16)12-2-1-3-12/h4-7,12-13H,1-3,8-11H2. The largest absolute Gasteiger partial charge is 0.269 e. The van der Waals surface area contributed by atoms with Crippen LogP contribution in [0.15, 0.2) is 29.2 Å². The van der Waals surface area contributed by atoms with Crippen molar-refractivity contribution in [1.29, 1.82) is 0 Å². The maximum absolute atomic E-state index is 12.6. The minimum Gasteiger partial charge on any atom is -0.258 e. The van der Waals surface area contributed by atoms with Gasteiger partial charge in [0.2, 0.25) is 10.0 Å². The zero-order valence-corrected chi connectivity index (χ0v) is 13.2. The van der Waals surface area contributed by atoms with Crippen molar-refractivity contribution >= 4 is 15.7 Å². The molecule has 0 bridgehead atoms. The van der Waals surface area contributed by atoms with E-state index < -0.39 is 14.9 Å². The minimum absolute atomic E-state index is 0.0948. The molecule has 120 valence electrons. The van der Waals surface area contributed by atoms with E-state index in [0.717, 1.165) is 18.8 Å². The average molecular weight is 324 g/mol. The lowest BCUT2D eigenvalue weighted by Gasteiger charge is -2.39. The molecular weight excluding hydrogens is 304 g/mol. The lowest BCUT2D eigenvalue weighted by Crippen LogP contribution is -2.41. The van der Waals surface area contributed by atoms with Crippen molar-refractivity contribution in [2.45, 2.75) is 37.0 Å². The Morgan fingerprint density at radius 3 is 2.00 bits per heavy atom. The highest BCUT2D eigenvalue weighted by atomic mass is 32.2. The van der Waals surface area contributed by atoms with E-state index in [2.05, 4.69) is 0 Å². The summed E-state index contributed by atoms with van der Waals surface area (Å²) in [5.74, 6) is 1.46. The first-order valence-electron chi connectivity index (χ1n) is 7.73. The smallest absolute Gasteiger partial charge is 0.258 e. The van der Waals surface area contributed by atoms with Crippen LogP contribution in [-0.4, -0.2) is 30.7 Å². The van der Waals surface area contributed by atoms with Crippen LogP contribution in [0.4, 0.5) is 5.69 Å². The van der Waals surface area contributed by atoms with Crippen LogP contribution in [-0.2, 0) is 10.0 Å². The van der Waals surface area contributed by atoms with Crippen LogP contribution in [0.25, 0.3) is 0 Å². The second-order valence-electron chi connectivity index (χ2n) is 6.18. The summed E-state index contributed by atoms with van der Waals surface area (Å²) in [6.45, 7) is 1.11. The molecule has 6 nitrogen and oxygen atoms in total. The van der Waals surface area contributed by atoms with E-state index in [-0.39, 0.29) is 10.6 Å². The first-order valence-corrected chi connectivity index (χ1v) is 9.17. The molecule has 0 spiro atoms. The molecule has 2 aliphatic rings. The highest BCUT2D eigenvalue weighted by molar-refractivity contribution is 7.89. The van der Waals surface area contributed by atoms with Gasteiger partial charge in [-0.1, -0.05) is 19.3 Å². The predicted molar refractivity (Wildman–Crippen MR) is 81.9 cm³/mol. The van der Waals surface area contributed by atoms with Gasteiger partial charge in [-0.25, -0.2) is 8.42 Å². The van der Waals surface area contributed by atoms with Crippen molar-refractivity contribution in [3.63, 3.8) is 0 Å². The van der Waals surface area contributed by atoms with Crippen LogP contribution < -0.4 is 0 Å². The third-order valence-corrected chi connectivity index (χ3v) is 6.91. The maximum atomic E-state index is 12.6. The molecule has 3 rings (SSSR count). The van der Waals surface area contributed by atoms with Gasteiger partial charge < -0.3 is 0 Å². The molecule has 1 saturated heterocycles. The van der Waals surface area contributed by atoms with E-state index in [0.29, 0.717) is 19.0 Å². The summed E-state index contributed by atoms with van der Waals surface area (Å²) < 4.78 is 26.7. The number of nitro groups is 1. The second-order valence-corrected chi connectivity index (χ2v) is 8.12. The fourth-order valence-electron chi connectivity index (χ4n) is 3.39. The number of nitro benzene ring substituents is 1. The minimum atomic E-state index is -3.53. The highest BCUT2D eigenvalue weighted by Gasteiger charge is 2.34. The maximum Gasteiger partial charge on any atom is 0.269 e. The SMILES string of the molecule is O=[N+]([O-])c1ccc(S(=O)(=O)N2CCC(C3CCC3)CC2)cc1. The van der Waals surface area contributed by atoms with Gasteiger partial charge >= 0.3 is 0 Å². The molecule has 7 heteroatoms. The summed E-state index contributed by atoms with van der Waals surface area (Å²) in [5.41, 5.74) is -0.0948. The third-order valence-electron chi connectivity index (χ3n) is 5.00. The topological polar surface area (TPSA) is 80.5 Å². The Morgan fingerprint density at radius 2 is 1.55 bits per heavy atom. The number of hydrogen-bond donors (Lipinski definition) is 0. The molecule has 1 aliphatic carbocycles. The number of hydrogen-bond acceptors (Lipinski definition) is 4. The Balaban J connectivity index is 1.69. The number of rotatable bonds is 4. The third kappa shape index (κ3) is 2.87. The van der Waals surface area contributed by atoms with Crippen LogP contribution in [0, 0.1) is 22.0 Å². The summed E-state index contributed by atoms with van der Waals surface area (Å²) in [6.07, 6.45) is 5.75. The van der Waals surface area contributed by atoms with Gasteiger partial charge in [-0.3, -0.25) is 10.1 Å². The van der Waals surface area contributed by atoms with E-state index in [9.17, 15) is 18.5 Å². The lowest BCUT2D eigenvalue weighted by molar-refractivity contribution is -0.384. The first-order chi connectivity index (χ1) is 10.5. The van der Waals surface area contributed by atoms with Gasteiger partial charge in [0.1, 0.15) is 0 Å². The fraction of sp³-hybridized carbons (Fsp3) is 0.600. The number of non-ortho nitro benzene ring substituents is 1. The zero-order valence-electron chi connectivity index (χ0n) is 12.3. The molecule has 0 N–H and O–H groups in total. The molecule has 0 aromatic heterocycles. The lowest BCUT2D eigenvalue weighted by atomic mass is 9.72. The molecule has 1 aromatic carbocycles. The molecule has 1 aromatic rings. The number of nitrogens with zero attached hydrogens (tertiary/aromatic N) is 2. The Bertz CT molecular complexity index is 645. The fourth-order valence-corrected chi connectivity index (χ4v) is 4.86. The van der Waals surface area contributed by atoms with Crippen LogP contribution >= 0.6 is 0 Å². The van der Waals surface area contributed by atoms with E-state index in [1.807, 2.05) is 0 Å². The summed E-state index contributed by atoms with van der Waals surface area (Å²) in [4.78, 5) is 10.3. The molecule has 0 amide bonds. The van der Waals surface area contributed by atoms with E-state index >= 15 is 0 Å². The van der Waals surface area contributed by atoms with Crippen LogP contribution in [0.3, 0.4) is 0 Å². The highest BCUT2D eigenvalue weighted by Crippen LogP contribution is 2.39. The van der Waals surface area contributed by atoms with Gasteiger partial charge in [0.25, 0.3) is 5.69 Å². The molecule has 1 heterocycles. The monoisotopic (exact) mass is 324 g/mol. The molecule has 2 fully saturated rings. The van der Waals surface area contributed by atoms with Crippen LogP contribution in [0.5, 0.6) is 0 Å². The second kappa shape index (κ2) is 5.96. The zero-order chi connectivity index (χ0) is 15.7. The van der Waals surface area contributed by atoms with Crippen molar-refractivity contribution < 1.29 is 13.3 Å². The Hall–Kier alpha value is -1.47. The molecule has 1 aliphatic heterocycles. The summed E-state index contributed by atoms with van der Waals surface area (Å²) in [5, 5.41) is 10.6. The van der Waals surface area contributed by atoms with Gasteiger partial charge in [-0.2, -0.15) is 4.31 Å². The number of piperidine rings is 1. The Kier molecular flexibility index (Phi) is 4.18. The average Bonchev–Trinajstić information content (AvgIpc) is 2.46. The summed E-state index contributed by atoms with van der Waals surface area (Å²) >= 11 is 0. The molecular formula is C15H20N2O4S. The quantitative estimate of drug-likeness (QED) is 0.630. The van der Waals surface area contributed by atoms with Crippen molar-refractivity contribution in [3.05, 3.63) is 34.4 Å². The Morgan fingerprint density at radius 1 is 1.00 bits per heavy atom. The molecule has 0 radical (unpaired) electrons. The Labute approximate surface area is 130 Å². The predicted octanol–water partition coefficient (Wildman–Crippen LogP) is 2.80. The van der Waals surface area contributed by atoms with Crippen molar-refractivity contribution in [1.82, 2.24) is 4.31 Å². The van der Waals surface area contributed by atoms with Gasteiger partial charge in [-0.15, -0.1) is 0 Å². The van der Waals surface area contributed by atoms with Crippen LogP contribution in [0.2, 0.25) is 0 Å². The molecule has 22 heavy (non-hydrogen) atoms. The summed E-state index contributed by atoms with van der Waals surface area (Å²) in [7, 11) is -3.53. The first kappa shape index (κ1) is 15.4. The number of sulfonamides is 1. The van der Waals surface area contributed by atoms with Crippen molar-refractivity contribution in [3.8, 4) is 0 Å². The van der Waals surface area contributed by atoms with E-state index in [1.165, 1.54) is 47.8 Å². The van der Waals surface area contributed by atoms with Crippen molar-refractivity contribution in [2.75, 3.05) is 13.1 Å². The molecule has 1 saturated carbocycles. The molecule has 0 unspecified atom stereocenters. The van der Waals surface area contributed by atoms with Gasteiger partial charge in [0.15, 0.2) is 0 Å².